The Balaban J connectivity index is 2.37. The molecule has 0 atom stereocenters. The molecule has 0 aliphatic heterocycles. The molecule has 5 heteroatoms. The highest BCUT2D eigenvalue weighted by molar-refractivity contribution is 6.32. The molecule has 0 saturated heterocycles. The van der Waals surface area contributed by atoms with Crippen LogP contribution in [0.5, 0.6) is 0 Å². The Bertz CT molecular complexity index is 576. The van der Waals surface area contributed by atoms with Crippen LogP contribution in [-0.2, 0) is 13.0 Å². The SMILES string of the molecule is CCc1c(C)nn(Cc2nc(Cl)ccc2Cl)c1C. The van der Waals surface area contributed by atoms with Crippen LogP contribution < -0.4 is 0 Å². The molecule has 0 amide bonds. The van der Waals surface area contributed by atoms with Crippen molar-refractivity contribution in [3.63, 3.8) is 0 Å². The Morgan fingerprint density at radius 3 is 2.56 bits per heavy atom. The second-order valence-corrected chi connectivity index (χ2v) is 5.02. The Kier molecular flexibility index (Phi) is 3.93. The lowest BCUT2D eigenvalue weighted by atomic mass is 10.1. The van der Waals surface area contributed by atoms with E-state index in [-0.39, 0.29) is 0 Å². The van der Waals surface area contributed by atoms with Crippen LogP contribution in [0.15, 0.2) is 12.1 Å². The van der Waals surface area contributed by atoms with E-state index in [0.29, 0.717) is 16.7 Å². The van der Waals surface area contributed by atoms with E-state index in [9.17, 15) is 0 Å². The van der Waals surface area contributed by atoms with Crippen molar-refractivity contribution in [1.29, 1.82) is 0 Å². The van der Waals surface area contributed by atoms with Gasteiger partial charge in [0.15, 0.2) is 0 Å². The lowest BCUT2D eigenvalue weighted by molar-refractivity contribution is 0.646. The minimum Gasteiger partial charge on any atom is -0.263 e. The summed E-state index contributed by atoms with van der Waals surface area (Å²) in [5, 5.41) is 5.59. The van der Waals surface area contributed by atoms with Crippen LogP contribution in [0.2, 0.25) is 10.2 Å². The number of hydrogen-bond acceptors (Lipinski definition) is 2. The van der Waals surface area contributed by atoms with Gasteiger partial charge in [-0.15, -0.1) is 0 Å². The lowest BCUT2D eigenvalue weighted by Crippen LogP contribution is -2.06. The Labute approximate surface area is 117 Å². The highest BCUT2D eigenvalue weighted by Crippen LogP contribution is 2.20. The Morgan fingerprint density at radius 1 is 1.22 bits per heavy atom. The summed E-state index contributed by atoms with van der Waals surface area (Å²) < 4.78 is 1.93. The van der Waals surface area contributed by atoms with E-state index in [4.69, 9.17) is 23.2 Å². The maximum Gasteiger partial charge on any atom is 0.129 e. The molecule has 0 aromatic carbocycles. The van der Waals surface area contributed by atoms with Crippen molar-refractivity contribution in [1.82, 2.24) is 14.8 Å². The molecule has 18 heavy (non-hydrogen) atoms. The molecular weight excluding hydrogens is 269 g/mol. The minimum absolute atomic E-state index is 0.451. The van der Waals surface area contributed by atoms with Gasteiger partial charge in [0.2, 0.25) is 0 Å². The summed E-state index contributed by atoms with van der Waals surface area (Å²) in [6.45, 7) is 6.77. The third-order valence-corrected chi connectivity index (χ3v) is 3.62. The normalized spacial score (nSPS) is 10.9. The Morgan fingerprint density at radius 2 is 1.94 bits per heavy atom. The van der Waals surface area contributed by atoms with Crippen molar-refractivity contribution in [3.05, 3.63) is 45.0 Å². The monoisotopic (exact) mass is 283 g/mol. The highest BCUT2D eigenvalue weighted by atomic mass is 35.5. The van der Waals surface area contributed by atoms with E-state index < -0.39 is 0 Å². The lowest BCUT2D eigenvalue weighted by Gasteiger charge is -2.06. The summed E-state index contributed by atoms with van der Waals surface area (Å²) in [5.41, 5.74) is 4.26. The molecule has 0 saturated carbocycles. The van der Waals surface area contributed by atoms with Crippen LogP contribution in [-0.4, -0.2) is 14.8 Å². The van der Waals surface area contributed by atoms with Gasteiger partial charge in [-0.1, -0.05) is 30.1 Å². The van der Waals surface area contributed by atoms with Gasteiger partial charge in [-0.05, 0) is 38.0 Å². The molecule has 0 aliphatic rings. The maximum atomic E-state index is 6.12. The summed E-state index contributed by atoms with van der Waals surface area (Å²) in [6.07, 6.45) is 0.981. The van der Waals surface area contributed by atoms with Crippen LogP contribution in [0.4, 0.5) is 0 Å². The fourth-order valence-corrected chi connectivity index (χ4v) is 2.44. The summed E-state index contributed by atoms with van der Waals surface area (Å²) in [7, 11) is 0. The third-order valence-electron chi connectivity index (χ3n) is 3.07. The van der Waals surface area contributed by atoms with Gasteiger partial charge in [-0.25, -0.2) is 4.98 Å². The second kappa shape index (κ2) is 5.29. The number of rotatable bonds is 3. The first-order valence-corrected chi connectivity index (χ1v) is 6.62. The van der Waals surface area contributed by atoms with E-state index in [1.54, 1.807) is 12.1 Å². The first-order chi connectivity index (χ1) is 8.52. The molecule has 2 heterocycles. The number of hydrogen-bond donors (Lipinski definition) is 0. The van der Waals surface area contributed by atoms with Gasteiger partial charge in [-0.3, -0.25) is 4.68 Å². The number of aryl methyl sites for hydroxylation is 1. The zero-order valence-electron chi connectivity index (χ0n) is 10.7. The molecule has 0 spiro atoms. The quantitative estimate of drug-likeness (QED) is 0.802. The van der Waals surface area contributed by atoms with Crippen molar-refractivity contribution in [2.24, 2.45) is 0 Å². The van der Waals surface area contributed by atoms with Crippen LogP contribution in [0.3, 0.4) is 0 Å². The van der Waals surface area contributed by atoms with Crippen LogP contribution >= 0.6 is 23.2 Å². The Hall–Kier alpha value is -1.06. The van der Waals surface area contributed by atoms with Crippen LogP contribution in [0.1, 0.15) is 29.6 Å². The molecule has 3 nitrogen and oxygen atoms in total. The molecule has 0 N–H and O–H groups in total. The van der Waals surface area contributed by atoms with Gasteiger partial charge < -0.3 is 0 Å². The predicted octanol–water partition coefficient (Wildman–Crippen LogP) is 3.81. The second-order valence-electron chi connectivity index (χ2n) is 4.22. The van der Waals surface area contributed by atoms with Crippen molar-refractivity contribution >= 4 is 23.2 Å². The standard InChI is InChI=1S/C13H15Cl2N3/c1-4-10-8(2)17-18(9(10)3)7-12-11(14)5-6-13(15)16-12/h5-6H,4,7H2,1-3H3. The summed E-state index contributed by atoms with van der Waals surface area (Å²) in [4.78, 5) is 4.25. The minimum atomic E-state index is 0.451. The fraction of sp³-hybridized carbons (Fsp3) is 0.385. The molecule has 2 rings (SSSR count). The molecule has 0 radical (unpaired) electrons. The maximum absolute atomic E-state index is 6.12. The molecule has 2 aromatic heterocycles. The van der Waals surface area contributed by atoms with Crippen molar-refractivity contribution in [2.45, 2.75) is 33.7 Å². The van der Waals surface area contributed by atoms with Gasteiger partial charge in [0.05, 0.1) is 23.0 Å². The van der Waals surface area contributed by atoms with E-state index in [2.05, 4.69) is 23.9 Å². The molecule has 0 aliphatic carbocycles. The molecular formula is C13H15Cl2N3. The van der Waals surface area contributed by atoms with Gasteiger partial charge in [-0.2, -0.15) is 5.10 Å². The molecule has 0 unspecified atom stereocenters. The highest BCUT2D eigenvalue weighted by Gasteiger charge is 2.12. The first-order valence-electron chi connectivity index (χ1n) is 5.86. The van der Waals surface area contributed by atoms with Crippen molar-refractivity contribution in [3.8, 4) is 0 Å². The first kappa shape index (κ1) is 13.4. The number of halogens is 2. The zero-order valence-corrected chi connectivity index (χ0v) is 12.2. The van der Waals surface area contributed by atoms with E-state index in [1.165, 1.54) is 5.56 Å². The largest absolute Gasteiger partial charge is 0.263 e. The topological polar surface area (TPSA) is 30.7 Å². The van der Waals surface area contributed by atoms with Gasteiger partial charge in [0.25, 0.3) is 0 Å². The molecule has 96 valence electrons. The summed E-state index contributed by atoms with van der Waals surface area (Å²) >= 11 is 12.0. The van der Waals surface area contributed by atoms with Gasteiger partial charge in [0.1, 0.15) is 5.15 Å². The number of aromatic nitrogens is 3. The smallest absolute Gasteiger partial charge is 0.129 e. The summed E-state index contributed by atoms with van der Waals surface area (Å²) in [6, 6.07) is 3.45. The zero-order chi connectivity index (χ0) is 13.3. The van der Waals surface area contributed by atoms with E-state index in [1.807, 2.05) is 11.6 Å². The van der Waals surface area contributed by atoms with Crippen LogP contribution in [0.25, 0.3) is 0 Å². The average molecular weight is 284 g/mol. The molecule has 0 fully saturated rings. The van der Waals surface area contributed by atoms with Crippen molar-refractivity contribution < 1.29 is 0 Å². The van der Waals surface area contributed by atoms with Crippen molar-refractivity contribution in [2.75, 3.05) is 0 Å². The predicted molar refractivity (Wildman–Crippen MR) is 74.4 cm³/mol. The third kappa shape index (κ3) is 2.52. The molecule has 2 aromatic rings. The van der Waals surface area contributed by atoms with Crippen LogP contribution in [0, 0.1) is 13.8 Å². The van der Waals surface area contributed by atoms with E-state index >= 15 is 0 Å². The number of nitrogens with zero attached hydrogens (tertiary/aromatic N) is 3. The number of pyridine rings is 1. The summed E-state index contributed by atoms with van der Waals surface area (Å²) in [5.74, 6) is 0. The van der Waals surface area contributed by atoms with Gasteiger partial charge >= 0.3 is 0 Å². The fourth-order valence-electron chi connectivity index (χ4n) is 2.11. The molecule has 0 bridgehead atoms. The van der Waals surface area contributed by atoms with Gasteiger partial charge in [0, 0.05) is 5.69 Å². The average Bonchev–Trinajstić information content (AvgIpc) is 2.59. The van der Waals surface area contributed by atoms with E-state index in [0.717, 1.165) is 23.5 Å².